The van der Waals surface area contributed by atoms with Crippen molar-refractivity contribution in [3.8, 4) is 0 Å². The molecule has 0 radical (unpaired) electrons. The highest BCUT2D eigenvalue weighted by atomic mass is 19.2. The molecule has 0 N–H and O–H groups in total. The molecule has 1 aromatic carbocycles. The predicted octanol–water partition coefficient (Wildman–Crippen LogP) is 4.39. The van der Waals surface area contributed by atoms with Gasteiger partial charge in [0.05, 0.1) is 0 Å². The van der Waals surface area contributed by atoms with Crippen LogP contribution < -0.4 is 0 Å². The van der Waals surface area contributed by atoms with Gasteiger partial charge in [0, 0.05) is 24.4 Å². The third kappa shape index (κ3) is 4.12. The first kappa shape index (κ1) is 19.7. The molecular weight excluding hydrogens is 359 g/mol. The number of hydrogen-bond donors (Lipinski definition) is 0. The molecule has 0 aromatic heterocycles. The molecule has 2 aliphatic heterocycles. The molecule has 1 amide bonds. The first-order chi connectivity index (χ1) is 12.6. The number of nitrogens with zero attached hydrogens (tertiary/aromatic N) is 1. The number of fused-ring (bicyclic) bond motifs is 2. The predicted molar refractivity (Wildman–Crippen MR) is 92.6 cm³/mol. The van der Waals surface area contributed by atoms with Crippen molar-refractivity contribution < 1.29 is 27.5 Å². The van der Waals surface area contributed by atoms with E-state index in [0.717, 1.165) is 25.0 Å². The fourth-order valence-corrected chi connectivity index (χ4v) is 4.09. The first-order valence-corrected chi connectivity index (χ1v) is 9.23. The highest BCUT2D eigenvalue weighted by molar-refractivity contribution is 5.84. The van der Waals surface area contributed by atoms with E-state index < -0.39 is 23.1 Å². The Hall–Kier alpha value is -2.05. The maximum absolute atomic E-state index is 13.8. The van der Waals surface area contributed by atoms with E-state index in [2.05, 4.69) is 0 Å². The Labute approximate surface area is 156 Å². The van der Waals surface area contributed by atoms with Gasteiger partial charge in [-0.05, 0) is 58.1 Å². The van der Waals surface area contributed by atoms with Crippen molar-refractivity contribution in [3.63, 3.8) is 0 Å². The second-order valence-corrected chi connectivity index (χ2v) is 8.42. The standard InChI is InChI=1S/C20H24F3NO3/c1-20(2,3)27-19(26)24-13-5-6-14(24)9-12(8-13)16(25)10-11-4-7-15(21)18(23)17(11)22/h4,7,12-14H,5-6,8-10H2,1-3H3. The molecule has 0 aliphatic carbocycles. The van der Waals surface area contributed by atoms with Gasteiger partial charge in [0.25, 0.3) is 0 Å². The van der Waals surface area contributed by atoms with Crippen molar-refractivity contribution in [3.05, 3.63) is 35.1 Å². The summed E-state index contributed by atoms with van der Waals surface area (Å²) in [5.41, 5.74) is -0.728. The topological polar surface area (TPSA) is 46.6 Å². The Balaban J connectivity index is 1.67. The monoisotopic (exact) mass is 383 g/mol. The molecular formula is C20H24F3NO3. The zero-order valence-electron chi connectivity index (χ0n) is 15.7. The van der Waals surface area contributed by atoms with Gasteiger partial charge in [-0.1, -0.05) is 6.07 Å². The highest BCUT2D eigenvalue weighted by Gasteiger charge is 2.46. The Morgan fingerprint density at radius 1 is 1.07 bits per heavy atom. The summed E-state index contributed by atoms with van der Waals surface area (Å²) in [4.78, 5) is 26.8. The summed E-state index contributed by atoms with van der Waals surface area (Å²) in [6.07, 6.45) is 1.92. The minimum atomic E-state index is -1.56. The van der Waals surface area contributed by atoms with Crippen LogP contribution in [-0.4, -0.2) is 34.5 Å². The second kappa shape index (κ2) is 7.17. The lowest BCUT2D eigenvalue weighted by molar-refractivity contribution is -0.124. The molecule has 7 heteroatoms. The zero-order valence-corrected chi connectivity index (χ0v) is 15.7. The fourth-order valence-electron chi connectivity index (χ4n) is 4.09. The van der Waals surface area contributed by atoms with Gasteiger partial charge in [0.1, 0.15) is 11.4 Å². The summed E-state index contributed by atoms with van der Waals surface area (Å²) in [7, 11) is 0. The van der Waals surface area contributed by atoms with E-state index in [1.165, 1.54) is 0 Å². The van der Waals surface area contributed by atoms with Crippen LogP contribution in [0.1, 0.15) is 52.0 Å². The maximum Gasteiger partial charge on any atom is 0.410 e. The number of carbonyl (C=O) groups is 2. The molecule has 2 saturated heterocycles. The van der Waals surface area contributed by atoms with Crippen molar-refractivity contribution in [2.45, 2.75) is 70.6 Å². The van der Waals surface area contributed by atoms with Gasteiger partial charge >= 0.3 is 6.09 Å². The van der Waals surface area contributed by atoms with Gasteiger partial charge in [-0.3, -0.25) is 4.79 Å². The molecule has 3 rings (SSSR count). The molecule has 4 nitrogen and oxygen atoms in total. The number of halogens is 3. The van der Waals surface area contributed by atoms with E-state index in [1.807, 2.05) is 0 Å². The molecule has 2 atom stereocenters. The molecule has 0 spiro atoms. The highest BCUT2D eigenvalue weighted by Crippen LogP contribution is 2.40. The van der Waals surface area contributed by atoms with Gasteiger partial charge in [-0.2, -0.15) is 0 Å². The molecule has 2 fully saturated rings. The molecule has 2 aliphatic rings. The lowest BCUT2D eigenvalue weighted by Gasteiger charge is -2.39. The third-order valence-corrected chi connectivity index (χ3v) is 5.27. The lowest BCUT2D eigenvalue weighted by atomic mass is 9.85. The summed E-state index contributed by atoms with van der Waals surface area (Å²) >= 11 is 0. The van der Waals surface area contributed by atoms with Crippen LogP contribution >= 0.6 is 0 Å². The first-order valence-electron chi connectivity index (χ1n) is 9.23. The Morgan fingerprint density at radius 2 is 1.67 bits per heavy atom. The number of carbonyl (C=O) groups excluding carboxylic acids is 2. The summed E-state index contributed by atoms with van der Waals surface area (Å²) in [5.74, 6) is -4.67. The van der Waals surface area contributed by atoms with Gasteiger partial charge in [-0.25, -0.2) is 18.0 Å². The van der Waals surface area contributed by atoms with E-state index in [0.29, 0.717) is 12.8 Å². The number of hydrogen-bond acceptors (Lipinski definition) is 3. The van der Waals surface area contributed by atoms with E-state index in [4.69, 9.17) is 4.74 Å². The van der Waals surface area contributed by atoms with E-state index in [1.54, 1.807) is 25.7 Å². The summed E-state index contributed by atoms with van der Waals surface area (Å²) < 4.78 is 45.7. The average Bonchev–Trinajstić information content (AvgIpc) is 2.84. The molecule has 2 heterocycles. The van der Waals surface area contributed by atoms with Crippen molar-refractivity contribution in [2.24, 2.45) is 5.92 Å². The van der Waals surface area contributed by atoms with Crippen LogP contribution in [0.25, 0.3) is 0 Å². The van der Waals surface area contributed by atoms with Crippen LogP contribution in [0.5, 0.6) is 0 Å². The lowest BCUT2D eigenvalue weighted by Crippen LogP contribution is -2.49. The molecule has 2 bridgehead atoms. The summed E-state index contributed by atoms with van der Waals surface area (Å²) in [5, 5.41) is 0. The number of ether oxygens (including phenoxy) is 1. The van der Waals surface area contributed by atoms with E-state index in [9.17, 15) is 22.8 Å². The van der Waals surface area contributed by atoms with E-state index in [-0.39, 0.29) is 41.9 Å². The molecule has 1 aromatic rings. The largest absolute Gasteiger partial charge is 0.444 e. The van der Waals surface area contributed by atoms with Crippen molar-refractivity contribution >= 4 is 11.9 Å². The Kier molecular flexibility index (Phi) is 5.23. The molecule has 27 heavy (non-hydrogen) atoms. The van der Waals surface area contributed by atoms with Crippen LogP contribution in [0.2, 0.25) is 0 Å². The SMILES string of the molecule is CC(C)(C)OC(=O)N1C2CCC1CC(C(=O)Cc1ccc(F)c(F)c1F)C2. The van der Waals surface area contributed by atoms with Crippen molar-refractivity contribution in [1.29, 1.82) is 0 Å². The minimum Gasteiger partial charge on any atom is -0.444 e. The number of ketones is 1. The third-order valence-electron chi connectivity index (χ3n) is 5.27. The minimum absolute atomic E-state index is 0.0812. The average molecular weight is 383 g/mol. The van der Waals surface area contributed by atoms with Crippen molar-refractivity contribution in [2.75, 3.05) is 0 Å². The van der Waals surface area contributed by atoms with Crippen molar-refractivity contribution in [1.82, 2.24) is 4.90 Å². The van der Waals surface area contributed by atoms with Gasteiger partial charge < -0.3 is 9.64 Å². The maximum atomic E-state index is 13.8. The van der Waals surface area contributed by atoms with Crippen LogP contribution in [0.3, 0.4) is 0 Å². The number of Topliss-reactive ketones (excluding diaryl/α,β-unsaturated/α-hetero) is 1. The Bertz CT molecular complexity index is 746. The normalized spacial score (nSPS) is 24.8. The van der Waals surface area contributed by atoms with E-state index >= 15 is 0 Å². The van der Waals surface area contributed by atoms with Crippen LogP contribution in [0, 0.1) is 23.4 Å². The van der Waals surface area contributed by atoms with Gasteiger partial charge in [0.15, 0.2) is 17.5 Å². The number of piperidine rings is 1. The quantitative estimate of drug-likeness (QED) is 0.727. The summed E-state index contributed by atoms with van der Waals surface area (Å²) in [6, 6.07) is 1.77. The summed E-state index contributed by atoms with van der Waals surface area (Å²) in [6.45, 7) is 5.42. The van der Waals surface area contributed by atoms with Crippen LogP contribution in [0.4, 0.5) is 18.0 Å². The zero-order chi connectivity index (χ0) is 19.9. The number of rotatable bonds is 3. The molecule has 148 valence electrons. The molecule has 2 unspecified atom stereocenters. The second-order valence-electron chi connectivity index (χ2n) is 8.42. The number of amides is 1. The van der Waals surface area contributed by atoms with Gasteiger partial charge in [0.2, 0.25) is 0 Å². The molecule has 0 saturated carbocycles. The Morgan fingerprint density at radius 3 is 2.22 bits per heavy atom. The fraction of sp³-hybridized carbons (Fsp3) is 0.600. The number of benzene rings is 1. The van der Waals surface area contributed by atoms with Crippen LogP contribution in [0.15, 0.2) is 12.1 Å². The van der Waals surface area contributed by atoms with Gasteiger partial charge in [-0.15, -0.1) is 0 Å². The van der Waals surface area contributed by atoms with Crippen LogP contribution in [-0.2, 0) is 16.0 Å². The smallest absolute Gasteiger partial charge is 0.410 e.